The van der Waals surface area contributed by atoms with Gasteiger partial charge in [-0.05, 0) is 42.8 Å². The monoisotopic (exact) mass is 447 g/mol. The fourth-order valence-corrected chi connectivity index (χ4v) is 3.57. The van der Waals surface area contributed by atoms with Gasteiger partial charge in [0.05, 0.1) is 14.2 Å². The molecular weight excluding hydrogens is 426 g/mol. The Labute approximate surface area is 172 Å². The number of benzene rings is 2. The lowest BCUT2D eigenvalue weighted by Gasteiger charge is -2.20. The van der Waals surface area contributed by atoms with Gasteiger partial charge in [-0.3, -0.25) is 9.69 Å². The highest BCUT2D eigenvalue weighted by atomic mass is 79.9. The molecule has 0 unspecified atom stereocenters. The zero-order valence-corrected chi connectivity index (χ0v) is 17.6. The van der Waals surface area contributed by atoms with Crippen molar-refractivity contribution in [2.24, 2.45) is 0 Å². The van der Waals surface area contributed by atoms with Crippen LogP contribution in [-0.2, 0) is 4.79 Å². The lowest BCUT2D eigenvalue weighted by molar-refractivity contribution is -0.116. The summed E-state index contributed by atoms with van der Waals surface area (Å²) in [6.07, 6.45) is 0. The second-order valence-corrected chi connectivity index (χ2v) is 7.32. The Balaban J connectivity index is 1.66. The molecule has 3 rings (SSSR count). The molecule has 28 heavy (non-hydrogen) atoms. The molecule has 1 heterocycles. The predicted octanol–water partition coefficient (Wildman–Crippen LogP) is 3.66. The highest BCUT2D eigenvalue weighted by Gasteiger charge is 2.31. The van der Waals surface area contributed by atoms with Gasteiger partial charge in [0.1, 0.15) is 6.54 Å². The molecule has 1 aliphatic heterocycles. The Bertz CT molecular complexity index is 903. The van der Waals surface area contributed by atoms with Crippen LogP contribution in [0.3, 0.4) is 0 Å². The first-order valence-corrected chi connectivity index (χ1v) is 9.56. The van der Waals surface area contributed by atoms with E-state index in [1.807, 2.05) is 25.1 Å². The number of aryl methyl sites for hydroxylation is 1. The maximum atomic E-state index is 12.8. The second-order valence-electron chi connectivity index (χ2n) is 6.40. The van der Waals surface area contributed by atoms with Crippen LogP contribution in [0.15, 0.2) is 40.9 Å². The van der Waals surface area contributed by atoms with Gasteiger partial charge in [0.25, 0.3) is 0 Å². The third-order valence-electron chi connectivity index (χ3n) is 4.57. The standard InChI is InChI=1S/C20H22BrN3O4/c1-13-10-14(21)4-6-16(13)22-19(25)12-23-8-9-24(20(23)26)15-5-7-17(27-2)18(11-15)28-3/h4-7,10-11H,8-9,12H2,1-3H3,(H,22,25). The number of halogens is 1. The molecule has 1 aliphatic rings. The summed E-state index contributed by atoms with van der Waals surface area (Å²) in [4.78, 5) is 28.3. The first-order chi connectivity index (χ1) is 13.4. The number of carbonyl (C=O) groups is 2. The topological polar surface area (TPSA) is 71.1 Å². The van der Waals surface area contributed by atoms with Crippen molar-refractivity contribution in [1.29, 1.82) is 0 Å². The van der Waals surface area contributed by atoms with E-state index in [9.17, 15) is 9.59 Å². The summed E-state index contributed by atoms with van der Waals surface area (Å²) in [6.45, 7) is 2.89. The van der Waals surface area contributed by atoms with Crippen LogP contribution in [0, 0.1) is 6.92 Å². The second kappa shape index (κ2) is 8.52. The molecule has 1 fully saturated rings. The molecule has 1 N–H and O–H groups in total. The molecule has 148 valence electrons. The van der Waals surface area contributed by atoms with Gasteiger partial charge >= 0.3 is 6.03 Å². The summed E-state index contributed by atoms with van der Waals surface area (Å²) >= 11 is 3.40. The number of hydrogen-bond acceptors (Lipinski definition) is 4. The zero-order valence-electron chi connectivity index (χ0n) is 16.0. The Morgan fingerprint density at radius 3 is 2.54 bits per heavy atom. The van der Waals surface area contributed by atoms with Crippen molar-refractivity contribution in [3.63, 3.8) is 0 Å². The molecular formula is C20H22BrN3O4. The van der Waals surface area contributed by atoms with Crippen molar-refractivity contribution in [3.05, 3.63) is 46.4 Å². The van der Waals surface area contributed by atoms with E-state index in [0.29, 0.717) is 30.3 Å². The Hall–Kier alpha value is -2.74. The van der Waals surface area contributed by atoms with Crippen LogP contribution >= 0.6 is 15.9 Å². The van der Waals surface area contributed by atoms with Crippen molar-refractivity contribution in [3.8, 4) is 11.5 Å². The number of carbonyl (C=O) groups excluding carboxylic acids is 2. The van der Waals surface area contributed by atoms with E-state index in [4.69, 9.17) is 9.47 Å². The Morgan fingerprint density at radius 2 is 1.86 bits per heavy atom. The number of anilines is 2. The van der Waals surface area contributed by atoms with Crippen molar-refractivity contribution >= 4 is 39.2 Å². The molecule has 0 bridgehead atoms. The van der Waals surface area contributed by atoms with Crippen molar-refractivity contribution in [2.45, 2.75) is 6.92 Å². The summed E-state index contributed by atoms with van der Waals surface area (Å²) in [5.41, 5.74) is 2.38. The fourth-order valence-electron chi connectivity index (χ4n) is 3.09. The Kier molecular flexibility index (Phi) is 6.08. The fraction of sp³-hybridized carbons (Fsp3) is 0.300. The normalized spacial score (nSPS) is 13.6. The average molecular weight is 448 g/mol. The van der Waals surface area contributed by atoms with Gasteiger partial charge in [0.15, 0.2) is 11.5 Å². The molecule has 0 atom stereocenters. The van der Waals surface area contributed by atoms with E-state index < -0.39 is 0 Å². The molecule has 2 aromatic carbocycles. The van der Waals surface area contributed by atoms with E-state index >= 15 is 0 Å². The van der Waals surface area contributed by atoms with E-state index in [1.54, 1.807) is 37.3 Å². The number of nitrogens with zero attached hydrogens (tertiary/aromatic N) is 2. The minimum Gasteiger partial charge on any atom is -0.493 e. The molecule has 1 saturated heterocycles. The van der Waals surface area contributed by atoms with Gasteiger partial charge < -0.3 is 19.7 Å². The zero-order chi connectivity index (χ0) is 20.3. The third kappa shape index (κ3) is 4.22. The number of nitrogens with one attached hydrogen (secondary N) is 1. The van der Waals surface area contributed by atoms with Gasteiger partial charge in [-0.1, -0.05) is 15.9 Å². The average Bonchev–Trinajstić information content (AvgIpc) is 3.03. The lowest BCUT2D eigenvalue weighted by atomic mass is 10.2. The van der Waals surface area contributed by atoms with E-state index in [2.05, 4.69) is 21.2 Å². The largest absolute Gasteiger partial charge is 0.493 e. The molecule has 8 heteroatoms. The summed E-state index contributed by atoms with van der Waals surface area (Å²) in [6, 6.07) is 10.7. The van der Waals surface area contributed by atoms with Crippen molar-refractivity contribution < 1.29 is 19.1 Å². The van der Waals surface area contributed by atoms with Crippen LogP contribution in [-0.4, -0.2) is 50.7 Å². The number of ether oxygens (including phenoxy) is 2. The maximum Gasteiger partial charge on any atom is 0.325 e. The minimum atomic E-state index is -0.229. The molecule has 0 aliphatic carbocycles. The molecule has 0 spiro atoms. The van der Waals surface area contributed by atoms with Crippen LogP contribution in [0.4, 0.5) is 16.2 Å². The summed E-state index contributed by atoms with van der Waals surface area (Å²) in [7, 11) is 3.11. The quantitative estimate of drug-likeness (QED) is 0.733. The SMILES string of the molecule is COc1ccc(N2CCN(CC(=O)Nc3ccc(Br)cc3C)C2=O)cc1OC. The van der Waals surface area contributed by atoms with Gasteiger partial charge in [-0.2, -0.15) is 0 Å². The number of methoxy groups -OCH3 is 2. The van der Waals surface area contributed by atoms with Crippen LogP contribution in [0.25, 0.3) is 0 Å². The van der Waals surface area contributed by atoms with E-state index in [-0.39, 0.29) is 18.5 Å². The summed E-state index contributed by atoms with van der Waals surface area (Å²) in [5, 5.41) is 2.86. The number of urea groups is 1. The predicted molar refractivity (Wildman–Crippen MR) is 111 cm³/mol. The smallest absolute Gasteiger partial charge is 0.325 e. The third-order valence-corrected chi connectivity index (χ3v) is 5.06. The minimum absolute atomic E-state index is 0.00186. The molecule has 0 radical (unpaired) electrons. The molecule has 3 amide bonds. The highest BCUT2D eigenvalue weighted by Crippen LogP contribution is 2.32. The van der Waals surface area contributed by atoms with Crippen LogP contribution in [0.1, 0.15) is 5.56 Å². The van der Waals surface area contributed by atoms with Crippen molar-refractivity contribution in [1.82, 2.24) is 4.90 Å². The van der Waals surface area contributed by atoms with E-state index in [0.717, 1.165) is 15.7 Å². The molecule has 0 aromatic heterocycles. The van der Waals surface area contributed by atoms with Crippen molar-refractivity contribution in [2.75, 3.05) is 44.1 Å². The summed E-state index contributed by atoms with van der Waals surface area (Å²) in [5.74, 6) is 0.918. The van der Waals surface area contributed by atoms with Gasteiger partial charge in [-0.25, -0.2) is 4.79 Å². The first-order valence-electron chi connectivity index (χ1n) is 8.77. The number of rotatable bonds is 6. The van der Waals surface area contributed by atoms with E-state index in [1.165, 1.54) is 4.90 Å². The number of hydrogen-bond donors (Lipinski definition) is 1. The van der Waals surface area contributed by atoms with Gasteiger partial charge in [0.2, 0.25) is 5.91 Å². The van der Waals surface area contributed by atoms with Gasteiger partial charge in [-0.15, -0.1) is 0 Å². The molecule has 2 aromatic rings. The lowest BCUT2D eigenvalue weighted by Crippen LogP contribution is -2.37. The highest BCUT2D eigenvalue weighted by molar-refractivity contribution is 9.10. The van der Waals surface area contributed by atoms with Gasteiger partial charge in [0, 0.05) is 35.0 Å². The summed E-state index contributed by atoms with van der Waals surface area (Å²) < 4.78 is 11.5. The van der Waals surface area contributed by atoms with Crippen LogP contribution < -0.4 is 19.7 Å². The molecule has 0 saturated carbocycles. The van der Waals surface area contributed by atoms with Crippen LogP contribution in [0.2, 0.25) is 0 Å². The maximum absolute atomic E-state index is 12.8. The number of amides is 3. The molecule has 7 nitrogen and oxygen atoms in total. The first kappa shape index (κ1) is 20.0. The Morgan fingerprint density at radius 1 is 1.11 bits per heavy atom. The van der Waals surface area contributed by atoms with Crippen LogP contribution in [0.5, 0.6) is 11.5 Å².